The average molecular weight is 384 g/mol. The molecule has 2 aliphatic carbocycles. The number of carboxylic acid groups (broad SMARTS) is 1. The van der Waals surface area contributed by atoms with Gasteiger partial charge in [-0.1, -0.05) is 6.92 Å². The lowest BCUT2D eigenvalue weighted by molar-refractivity contribution is -0.344. The van der Waals surface area contributed by atoms with E-state index in [0.717, 1.165) is 17.8 Å². The molecule has 1 aromatic heterocycles. The summed E-state index contributed by atoms with van der Waals surface area (Å²) in [7, 11) is 0. The molecule has 0 aromatic carbocycles. The molecule has 1 N–H and O–H groups in total. The van der Waals surface area contributed by atoms with Gasteiger partial charge >= 0.3 is 6.18 Å². The number of carbonyl (C=O) groups is 2. The van der Waals surface area contributed by atoms with Crippen LogP contribution in [0.4, 0.5) is 27.0 Å². The van der Waals surface area contributed by atoms with Crippen LogP contribution in [0.1, 0.15) is 30.2 Å². The van der Waals surface area contributed by atoms with E-state index in [1.807, 2.05) is 6.07 Å². The van der Waals surface area contributed by atoms with Crippen LogP contribution in [0.2, 0.25) is 0 Å². The van der Waals surface area contributed by atoms with Gasteiger partial charge in [-0.2, -0.15) is 13.2 Å². The van der Waals surface area contributed by atoms with E-state index >= 15 is 0 Å². The van der Waals surface area contributed by atoms with Crippen LogP contribution >= 0.6 is 11.3 Å². The Morgan fingerprint density at radius 1 is 1.36 bits per heavy atom. The fourth-order valence-corrected chi connectivity index (χ4v) is 3.59. The molecule has 1 unspecified atom stereocenters. The van der Waals surface area contributed by atoms with E-state index < -0.39 is 29.9 Å². The van der Waals surface area contributed by atoms with E-state index in [2.05, 4.69) is 12.2 Å². The van der Waals surface area contributed by atoms with E-state index in [-0.39, 0.29) is 6.42 Å². The number of carboxylic acids is 1. The van der Waals surface area contributed by atoms with Gasteiger partial charge in [0.15, 0.2) is 0 Å². The Bertz CT molecular complexity index is 671. The van der Waals surface area contributed by atoms with Gasteiger partial charge in [0.1, 0.15) is 11.9 Å². The van der Waals surface area contributed by atoms with Gasteiger partial charge < -0.3 is 15.2 Å². The number of anilines is 1. The number of hydrogen-bond acceptors (Lipinski definition) is 4. The maximum absolute atomic E-state index is 12.8. The highest BCUT2D eigenvalue weighted by Crippen LogP contribution is 2.49. The molecule has 25 heavy (non-hydrogen) atoms. The van der Waals surface area contributed by atoms with Crippen LogP contribution < -0.4 is 10.4 Å². The third-order valence-corrected chi connectivity index (χ3v) is 5.10. The maximum atomic E-state index is 12.8. The van der Waals surface area contributed by atoms with Crippen molar-refractivity contribution in [1.82, 2.24) is 0 Å². The first-order valence-electron chi connectivity index (χ1n) is 7.48. The van der Waals surface area contributed by atoms with Crippen LogP contribution in [0.25, 0.3) is 0 Å². The first-order chi connectivity index (χ1) is 11.4. The predicted octanol–water partition coefficient (Wildman–Crippen LogP) is 2.77. The van der Waals surface area contributed by atoms with Crippen molar-refractivity contribution in [3.05, 3.63) is 16.5 Å². The molecule has 0 bridgehead atoms. The number of halogens is 5. The molecule has 2 atom stereocenters. The molecule has 10 heteroatoms. The van der Waals surface area contributed by atoms with Gasteiger partial charge in [-0.05, 0) is 36.8 Å². The first-order valence-corrected chi connectivity index (χ1v) is 8.30. The smallest absolute Gasteiger partial charge is 0.430 e. The summed E-state index contributed by atoms with van der Waals surface area (Å²) < 4.78 is 57.1. The quantitative estimate of drug-likeness (QED) is 0.798. The maximum Gasteiger partial charge on any atom is 0.430 e. The van der Waals surface area contributed by atoms with Crippen LogP contribution in [-0.4, -0.2) is 24.0 Å². The number of hydrogen-bond donors (Lipinski definition) is 1. The van der Waals surface area contributed by atoms with Gasteiger partial charge in [-0.15, -0.1) is 11.3 Å². The third kappa shape index (κ3) is 5.13. The summed E-state index contributed by atoms with van der Waals surface area (Å²) in [5, 5.41) is 12.1. The van der Waals surface area contributed by atoms with Crippen LogP contribution in [0, 0.1) is 11.8 Å². The van der Waals surface area contributed by atoms with Gasteiger partial charge in [0.25, 0.3) is 5.92 Å². The fraction of sp³-hybridized carbons (Fsp3) is 0.600. The second-order valence-electron chi connectivity index (χ2n) is 6.20. The molecule has 0 saturated heterocycles. The number of rotatable bonds is 2. The number of carbonyl (C=O) groups excluding carboxylic acids is 2. The lowest BCUT2D eigenvalue weighted by atomic mass is 9.90. The summed E-state index contributed by atoms with van der Waals surface area (Å²) in [5.74, 6) is -6.77. The summed E-state index contributed by atoms with van der Waals surface area (Å²) in [5.41, 5.74) is 1.27. The van der Waals surface area contributed by atoms with Crippen molar-refractivity contribution in [3.8, 4) is 0 Å². The van der Waals surface area contributed by atoms with Crippen molar-refractivity contribution < 1.29 is 36.6 Å². The van der Waals surface area contributed by atoms with Crippen molar-refractivity contribution in [1.29, 1.82) is 0 Å². The lowest BCUT2D eigenvalue weighted by Crippen LogP contribution is -2.37. The minimum atomic E-state index is -5.19. The van der Waals surface area contributed by atoms with E-state index in [0.29, 0.717) is 5.92 Å². The van der Waals surface area contributed by atoms with Crippen molar-refractivity contribution in [2.45, 2.75) is 44.7 Å². The summed E-state index contributed by atoms with van der Waals surface area (Å²) in [6.45, 7) is 2.21. The number of alkyl halides is 5. The van der Waals surface area contributed by atoms with E-state index in [4.69, 9.17) is 9.90 Å². The lowest BCUT2D eigenvalue weighted by Gasteiger charge is -2.16. The van der Waals surface area contributed by atoms with Gasteiger partial charge in [0.05, 0.1) is 5.00 Å². The Hall–Kier alpha value is -1.71. The number of nitrogens with one attached hydrogen (secondary N) is 1. The first kappa shape index (κ1) is 19.6. The van der Waals surface area contributed by atoms with Crippen LogP contribution in [0.3, 0.4) is 0 Å². The molecule has 1 aromatic rings. The Labute approximate surface area is 144 Å². The topological polar surface area (TPSA) is 69.2 Å². The molecule has 3 rings (SSSR count). The van der Waals surface area contributed by atoms with E-state index in [1.54, 1.807) is 0 Å². The molecule has 2 aliphatic rings. The largest absolute Gasteiger partial charge is 0.542 e. The molecule has 1 heterocycles. The average Bonchev–Trinajstić information content (AvgIpc) is 2.93. The minimum Gasteiger partial charge on any atom is -0.542 e. The van der Waals surface area contributed by atoms with Crippen LogP contribution in [0.5, 0.6) is 0 Å². The number of aliphatic carboxylic acids is 1. The fourth-order valence-electron chi connectivity index (χ4n) is 2.47. The van der Waals surface area contributed by atoms with Crippen LogP contribution in [-0.2, 0) is 22.4 Å². The Balaban J connectivity index is 0.000000277. The van der Waals surface area contributed by atoms with E-state index in [9.17, 15) is 26.7 Å². The number of amides is 1. The molecule has 140 valence electrons. The number of fused-ring (bicyclic) bond motifs is 1. The zero-order valence-corrected chi connectivity index (χ0v) is 13.9. The van der Waals surface area contributed by atoms with Gasteiger partial charge in [0, 0.05) is 11.3 Å². The molecule has 1 saturated carbocycles. The van der Waals surface area contributed by atoms with Gasteiger partial charge in [-0.3, -0.25) is 4.79 Å². The summed E-state index contributed by atoms with van der Waals surface area (Å²) in [6.07, 6.45) is -2.26. The van der Waals surface area contributed by atoms with Crippen LogP contribution in [0.15, 0.2) is 6.07 Å². The molecule has 0 radical (unpaired) electrons. The molecule has 4 nitrogen and oxygen atoms in total. The highest BCUT2D eigenvalue weighted by atomic mass is 32.1. The molecule has 0 spiro atoms. The highest BCUT2D eigenvalue weighted by Gasteiger charge is 2.61. The molecule has 1 fully saturated rings. The zero-order valence-electron chi connectivity index (χ0n) is 13.1. The Kier molecular flexibility index (Phi) is 5.41. The van der Waals surface area contributed by atoms with Gasteiger partial charge in [-0.25, -0.2) is 8.78 Å². The minimum absolute atomic E-state index is 0.305. The van der Waals surface area contributed by atoms with Crippen molar-refractivity contribution >= 4 is 28.2 Å². The van der Waals surface area contributed by atoms with E-state index in [1.165, 1.54) is 28.2 Å². The Morgan fingerprint density at radius 3 is 2.40 bits per heavy atom. The summed E-state index contributed by atoms with van der Waals surface area (Å²) in [6, 6.07) is 1.95. The summed E-state index contributed by atoms with van der Waals surface area (Å²) >= 11 is 1.53. The SMILES string of the molecule is C[C@H]1CCc2sc(NC(=O)C3CC3(F)F)cc2C1.O=C([O-])C(F)(F)F. The monoisotopic (exact) mass is 384 g/mol. The number of aryl methyl sites for hydroxylation is 1. The molecular weight excluding hydrogens is 369 g/mol. The van der Waals surface area contributed by atoms with Crippen molar-refractivity contribution in [3.63, 3.8) is 0 Å². The summed E-state index contributed by atoms with van der Waals surface area (Å²) in [4.78, 5) is 21.7. The number of thiophene rings is 1. The third-order valence-electron chi connectivity index (χ3n) is 3.95. The predicted molar refractivity (Wildman–Crippen MR) is 78.3 cm³/mol. The van der Waals surface area contributed by atoms with Crippen molar-refractivity contribution in [2.24, 2.45) is 11.8 Å². The van der Waals surface area contributed by atoms with Crippen molar-refractivity contribution in [2.75, 3.05) is 5.32 Å². The zero-order chi connectivity index (χ0) is 19.0. The Morgan fingerprint density at radius 2 is 1.92 bits per heavy atom. The molecule has 0 aliphatic heterocycles. The molecular formula is C15H15F5NO3S-. The second kappa shape index (κ2) is 6.89. The van der Waals surface area contributed by atoms with Gasteiger partial charge in [0.2, 0.25) is 5.91 Å². The molecule has 1 amide bonds. The highest BCUT2D eigenvalue weighted by molar-refractivity contribution is 7.16. The standard InChI is InChI=1S/C13H15F2NOS.C2HF3O2/c1-7-2-3-10-8(4-7)5-11(18-10)16-12(17)9-6-13(9,14)15;3-2(4,5)1(6)7/h5,7,9H,2-4,6H2,1H3,(H,16,17);(H,6,7)/p-1/t7-,9?;/m0./s1. The second-order valence-corrected chi connectivity index (χ2v) is 7.34. The normalized spacial score (nSPS) is 23.8.